The van der Waals surface area contributed by atoms with Crippen molar-refractivity contribution < 1.29 is 0 Å². The van der Waals surface area contributed by atoms with Gasteiger partial charge in [-0.25, -0.2) is 0 Å². The summed E-state index contributed by atoms with van der Waals surface area (Å²) in [5.74, 6) is 0. The van der Waals surface area contributed by atoms with Crippen molar-refractivity contribution in [1.29, 1.82) is 0 Å². The van der Waals surface area contributed by atoms with Gasteiger partial charge in [-0.1, -0.05) is 6.92 Å². The van der Waals surface area contributed by atoms with E-state index < -0.39 is 0 Å². The molecule has 0 aromatic rings. The molecule has 13 heavy (non-hydrogen) atoms. The van der Waals surface area contributed by atoms with Gasteiger partial charge < -0.3 is 10.6 Å². The molecular weight excluding hydrogens is 160 g/mol. The van der Waals surface area contributed by atoms with Crippen molar-refractivity contribution in [2.75, 3.05) is 13.1 Å². The van der Waals surface area contributed by atoms with E-state index in [0.29, 0.717) is 6.04 Å². The first-order chi connectivity index (χ1) is 6.07. The van der Waals surface area contributed by atoms with Gasteiger partial charge in [0.15, 0.2) is 0 Å². The van der Waals surface area contributed by atoms with E-state index in [4.69, 9.17) is 5.73 Å². The maximum atomic E-state index is 6.18. The predicted molar refractivity (Wildman–Crippen MR) is 57.8 cm³/mol. The monoisotopic (exact) mass is 184 g/mol. The fraction of sp³-hybridized carbons (Fsp3) is 1.00. The quantitative estimate of drug-likeness (QED) is 0.708. The third-order valence-electron chi connectivity index (χ3n) is 3.38. The van der Waals surface area contributed by atoms with Crippen molar-refractivity contribution in [3.05, 3.63) is 0 Å². The molecular formula is C11H24N2. The molecule has 0 bridgehead atoms. The summed E-state index contributed by atoms with van der Waals surface area (Å²) < 4.78 is 0. The van der Waals surface area contributed by atoms with Crippen LogP contribution < -0.4 is 5.73 Å². The lowest BCUT2D eigenvalue weighted by atomic mass is 9.75. The third-order valence-corrected chi connectivity index (χ3v) is 3.38. The Labute approximate surface area is 82.5 Å². The molecule has 1 rings (SSSR count). The van der Waals surface area contributed by atoms with E-state index in [1.807, 2.05) is 0 Å². The molecule has 2 heteroatoms. The molecule has 1 fully saturated rings. The summed E-state index contributed by atoms with van der Waals surface area (Å²) in [4.78, 5) is 2.49. The van der Waals surface area contributed by atoms with E-state index in [0.717, 1.165) is 6.54 Å². The Balaban J connectivity index is 2.23. The van der Waals surface area contributed by atoms with Gasteiger partial charge >= 0.3 is 0 Å². The summed E-state index contributed by atoms with van der Waals surface area (Å²) in [5.41, 5.74) is 6.38. The summed E-state index contributed by atoms with van der Waals surface area (Å²) in [6.45, 7) is 9.06. The lowest BCUT2D eigenvalue weighted by Gasteiger charge is -2.40. The number of nitrogens with two attached hydrogens (primary N) is 1. The van der Waals surface area contributed by atoms with Crippen LogP contribution in [0.4, 0.5) is 0 Å². The summed E-state index contributed by atoms with van der Waals surface area (Å²) in [6.07, 6.45) is 4.99. The van der Waals surface area contributed by atoms with Gasteiger partial charge in [0.1, 0.15) is 0 Å². The van der Waals surface area contributed by atoms with Crippen LogP contribution in [0.5, 0.6) is 0 Å². The molecule has 1 saturated carbocycles. The van der Waals surface area contributed by atoms with Crippen LogP contribution in [0.3, 0.4) is 0 Å². The molecule has 0 radical (unpaired) electrons. The smallest absolute Gasteiger partial charge is 0.0166 e. The normalized spacial score (nSPS) is 20.8. The van der Waals surface area contributed by atoms with Gasteiger partial charge in [0, 0.05) is 18.1 Å². The summed E-state index contributed by atoms with van der Waals surface area (Å²) in [6, 6.07) is 0.661. The molecule has 78 valence electrons. The maximum Gasteiger partial charge on any atom is 0.0166 e. The molecule has 0 amide bonds. The van der Waals surface area contributed by atoms with Crippen LogP contribution in [0.2, 0.25) is 0 Å². The lowest BCUT2D eigenvalue weighted by molar-refractivity contribution is 0.164. The van der Waals surface area contributed by atoms with Crippen molar-refractivity contribution in [3.8, 4) is 0 Å². The highest BCUT2D eigenvalue weighted by atomic mass is 15.1. The van der Waals surface area contributed by atoms with Gasteiger partial charge in [-0.15, -0.1) is 0 Å². The molecule has 0 aromatic heterocycles. The minimum atomic E-state index is 0.197. The number of rotatable bonds is 5. The van der Waals surface area contributed by atoms with Crippen molar-refractivity contribution in [2.24, 2.45) is 5.73 Å². The second-order valence-electron chi connectivity index (χ2n) is 4.69. The second-order valence-corrected chi connectivity index (χ2v) is 4.69. The number of hydrogen-bond acceptors (Lipinski definition) is 2. The van der Waals surface area contributed by atoms with Crippen LogP contribution in [0.15, 0.2) is 0 Å². The fourth-order valence-corrected chi connectivity index (χ4v) is 2.03. The van der Waals surface area contributed by atoms with Crippen LogP contribution in [0.1, 0.15) is 46.5 Å². The van der Waals surface area contributed by atoms with Crippen LogP contribution in [-0.4, -0.2) is 29.6 Å². The Bertz CT molecular complexity index is 150. The first-order valence-corrected chi connectivity index (χ1v) is 5.60. The SMILES string of the molecule is CCN(CCC1(N)CCC1)C(C)C. The maximum absolute atomic E-state index is 6.18. The molecule has 0 aromatic carbocycles. The largest absolute Gasteiger partial charge is 0.325 e. The Kier molecular flexibility index (Phi) is 3.74. The molecule has 0 unspecified atom stereocenters. The Morgan fingerprint density at radius 2 is 2.00 bits per heavy atom. The van der Waals surface area contributed by atoms with E-state index >= 15 is 0 Å². The average Bonchev–Trinajstić information content (AvgIpc) is 2.02. The van der Waals surface area contributed by atoms with Crippen LogP contribution in [0.25, 0.3) is 0 Å². The lowest BCUT2D eigenvalue weighted by Crippen LogP contribution is -2.49. The van der Waals surface area contributed by atoms with Crippen LogP contribution >= 0.6 is 0 Å². The molecule has 0 spiro atoms. The van der Waals surface area contributed by atoms with Crippen molar-refractivity contribution in [1.82, 2.24) is 4.90 Å². The van der Waals surface area contributed by atoms with Gasteiger partial charge in [-0.3, -0.25) is 0 Å². The molecule has 1 aliphatic rings. The molecule has 0 heterocycles. The minimum Gasteiger partial charge on any atom is -0.325 e. The zero-order chi connectivity index (χ0) is 9.90. The van der Waals surface area contributed by atoms with E-state index in [1.54, 1.807) is 0 Å². The highest BCUT2D eigenvalue weighted by molar-refractivity contribution is 4.93. The number of hydrogen-bond donors (Lipinski definition) is 1. The molecule has 1 aliphatic carbocycles. The van der Waals surface area contributed by atoms with Crippen molar-refractivity contribution in [2.45, 2.75) is 58.0 Å². The highest BCUT2D eigenvalue weighted by Gasteiger charge is 2.32. The van der Waals surface area contributed by atoms with E-state index in [-0.39, 0.29) is 5.54 Å². The molecule has 2 nitrogen and oxygen atoms in total. The Hall–Kier alpha value is -0.0800. The zero-order valence-corrected chi connectivity index (χ0v) is 9.34. The minimum absolute atomic E-state index is 0.197. The Morgan fingerprint density at radius 1 is 1.38 bits per heavy atom. The summed E-state index contributed by atoms with van der Waals surface area (Å²) in [5, 5.41) is 0. The molecule has 0 aliphatic heterocycles. The molecule has 2 N–H and O–H groups in total. The van der Waals surface area contributed by atoms with E-state index in [9.17, 15) is 0 Å². The Morgan fingerprint density at radius 3 is 2.31 bits per heavy atom. The second kappa shape index (κ2) is 4.43. The van der Waals surface area contributed by atoms with Crippen LogP contribution in [-0.2, 0) is 0 Å². The highest BCUT2D eigenvalue weighted by Crippen LogP contribution is 2.32. The van der Waals surface area contributed by atoms with E-state index in [2.05, 4.69) is 25.7 Å². The third kappa shape index (κ3) is 2.96. The standard InChI is InChI=1S/C11H24N2/c1-4-13(10(2)3)9-8-11(12)6-5-7-11/h10H,4-9,12H2,1-3H3. The number of nitrogens with zero attached hydrogens (tertiary/aromatic N) is 1. The predicted octanol–water partition coefficient (Wildman–Crippen LogP) is 1.99. The van der Waals surface area contributed by atoms with Gasteiger partial charge in [-0.05, 0) is 46.1 Å². The summed E-state index contributed by atoms with van der Waals surface area (Å²) in [7, 11) is 0. The van der Waals surface area contributed by atoms with Crippen LogP contribution in [0, 0.1) is 0 Å². The van der Waals surface area contributed by atoms with E-state index in [1.165, 1.54) is 32.2 Å². The topological polar surface area (TPSA) is 29.3 Å². The van der Waals surface area contributed by atoms with Gasteiger partial charge in [-0.2, -0.15) is 0 Å². The first-order valence-electron chi connectivity index (χ1n) is 5.60. The van der Waals surface area contributed by atoms with Gasteiger partial charge in [0.2, 0.25) is 0 Å². The van der Waals surface area contributed by atoms with Gasteiger partial charge in [0.05, 0.1) is 0 Å². The summed E-state index contributed by atoms with van der Waals surface area (Å²) >= 11 is 0. The fourth-order valence-electron chi connectivity index (χ4n) is 2.03. The van der Waals surface area contributed by atoms with Crippen molar-refractivity contribution in [3.63, 3.8) is 0 Å². The van der Waals surface area contributed by atoms with Crippen molar-refractivity contribution >= 4 is 0 Å². The zero-order valence-electron chi connectivity index (χ0n) is 9.34. The molecule has 0 saturated heterocycles. The molecule has 0 atom stereocenters. The average molecular weight is 184 g/mol. The first kappa shape index (κ1) is 11.0. The van der Waals surface area contributed by atoms with Gasteiger partial charge in [0.25, 0.3) is 0 Å².